The van der Waals surface area contributed by atoms with Crippen molar-refractivity contribution in [1.29, 1.82) is 0 Å². The average Bonchev–Trinajstić information content (AvgIpc) is 2.87. The zero-order chi connectivity index (χ0) is 15.5. The normalized spacial score (nSPS) is 24.7. The SMILES string of the molecule is O=C(CC1CCCCC1)N1CCC(N2C(=O)CNC2=O)CC1. The van der Waals surface area contributed by atoms with Gasteiger partial charge in [-0.2, -0.15) is 0 Å². The standard InChI is InChI=1S/C16H25N3O3/c20-14(10-12-4-2-1-3-5-12)18-8-6-13(7-9-18)19-15(21)11-17-16(19)22/h12-13H,1-11H2,(H,17,22). The van der Waals surface area contributed by atoms with E-state index in [4.69, 9.17) is 0 Å². The van der Waals surface area contributed by atoms with E-state index in [0.29, 0.717) is 38.3 Å². The Hall–Kier alpha value is -1.59. The molecule has 1 aliphatic carbocycles. The molecule has 4 amide bonds. The predicted molar refractivity (Wildman–Crippen MR) is 81.0 cm³/mol. The summed E-state index contributed by atoms with van der Waals surface area (Å²) >= 11 is 0. The van der Waals surface area contributed by atoms with Crippen LogP contribution in [-0.4, -0.2) is 53.3 Å². The van der Waals surface area contributed by atoms with E-state index in [9.17, 15) is 14.4 Å². The Kier molecular flexibility index (Phi) is 4.64. The molecule has 0 bridgehead atoms. The van der Waals surface area contributed by atoms with Crippen molar-refractivity contribution >= 4 is 17.8 Å². The number of piperidine rings is 1. The largest absolute Gasteiger partial charge is 0.343 e. The van der Waals surface area contributed by atoms with Crippen LogP contribution in [0.5, 0.6) is 0 Å². The summed E-state index contributed by atoms with van der Waals surface area (Å²) in [7, 11) is 0. The Morgan fingerprint density at radius 2 is 1.73 bits per heavy atom. The Morgan fingerprint density at radius 1 is 1.05 bits per heavy atom. The maximum atomic E-state index is 12.4. The van der Waals surface area contributed by atoms with Gasteiger partial charge in [-0.25, -0.2) is 4.79 Å². The molecule has 0 radical (unpaired) electrons. The quantitative estimate of drug-likeness (QED) is 0.803. The van der Waals surface area contributed by atoms with Crippen LogP contribution in [0.25, 0.3) is 0 Å². The molecule has 2 heterocycles. The lowest BCUT2D eigenvalue weighted by molar-refractivity contribution is -0.134. The number of amides is 4. The number of rotatable bonds is 3. The summed E-state index contributed by atoms with van der Waals surface area (Å²) < 4.78 is 0. The van der Waals surface area contributed by atoms with E-state index in [-0.39, 0.29) is 30.4 Å². The summed E-state index contributed by atoms with van der Waals surface area (Å²) in [5.41, 5.74) is 0. The van der Waals surface area contributed by atoms with Crippen LogP contribution < -0.4 is 5.32 Å². The van der Waals surface area contributed by atoms with E-state index in [1.807, 2.05) is 4.90 Å². The molecule has 122 valence electrons. The van der Waals surface area contributed by atoms with Gasteiger partial charge in [-0.3, -0.25) is 14.5 Å². The summed E-state index contributed by atoms with van der Waals surface area (Å²) in [5, 5.41) is 2.56. The first-order valence-electron chi connectivity index (χ1n) is 8.53. The number of imide groups is 1. The van der Waals surface area contributed by atoms with Crippen LogP contribution in [0.4, 0.5) is 4.79 Å². The molecular weight excluding hydrogens is 282 g/mol. The molecule has 22 heavy (non-hydrogen) atoms. The van der Waals surface area contributed by atoms with Crippen LogP contribution in [0.3, 0.4) is 0 Å². The molecular formula is C16H25N3O3. The van der Waals surface area contributed by atoms with Crippen molar-refractivity contribution in [2.45, 2.75) is 57.4 Å². The van der Waals surface area contributed by atoms with E-state index in [1.54, 1.807) is 0 Å². The molecule has 0 unspecified atom stereocenters. The number of hydrogen-bond acceptors (Lipinski definition) is 3. The molecule has 0 spiro atoms. The van der Waals surface area contributed by atoms with Crippen molar-refractivity contribution < 1.29 is 14.4 Å². The topological polar surface area (TPSA) is 69.7 Å². The Bertz CT molecular complexity index is 436. The molecule has 0 aromatic carbocycles. The summed E-state index contributed by atoms with van der Waals surface area (Å²) in [6.45, 7) is 1.43. The molecule has 1 saturated carbocycles. The first-order valence-corrected chi connectivity index (χ1v) is 8.53. The van der Waals surface area contributed by atoms with Crippen molar-refractivity contribution in [1.82, 2.24) is 15.1 Å². The lowest BCUT2D eigenvalue weighted by Crippen LogP contribution is -2.49. The predicted octanol–water partition coefficient (Wildman–Crippen LogP) is 1.50. The third-order valence-electron chi connectivity index (χ3n) is 5.25. The third-order valence-corrected chi connectivity index (χ3v) is 5.25. The van der Waals surface area contributed by atoms with E-state index in [2.05, 4.69) is 5.32 Å². The van der Waals surface area contributed by atoms with Gasteiger partial charge in [-0.1, -0.05) is 19.3 Å². The molecule has 3 fully saturated rings. The van der Waals surface area contributed by atoms with Gasteiger partial charge in [0, 0.05) is 25.6 Å². The molecule has 0 aromatic rings. The lowest BCUT2D eigenvalue weighted by atomic mass is 9.86. The molecule has 3 aliphatic rings. The van der Waals surface area contributed by atoms with Crippen LogP contribution in [0, 0.1) is 5.92 Å². The molecule has 0 atom stereocenters. The highest BCUT2D eigenvalue weighted by molar-refractivity contribution is 6.02. The first-order chi connectivity index (χ1) is 10.6. The smallest absolute Gasteiger partial charge is 0.324 e. The van der Waals surface area contributed by atoms with Crippen molar-refractivity contribution in [2.75, 3.05) is 19.6 Å². The second-order valence-electron chi connectivity index (χ2n) is 6.74. The van der Waals surface area contributed by atoms with Crippen LogP contribution in [-0.2, 0) is 9.59 Å². The van der Waals surface area contributed by atoms with Gasteiger partial charge in [0.25, 0.3) is 0 Å². The minimum atomic E-state index is -0.281. The molecule has 0 aromatic heterocycles. The summed E-state index contributed by atoms with van der Waals surface area (Å²) in [4.78, 5) is 39.1. The zero-order valence-electron chi connectivity index (χ0n) is 13.1. The number of carbonyl (C=O) groups excluding carboxylic acids is 3. The minimum absolute atomic E-state index is 0.0475. The van der Waals surface area contributed by atoms with E-state index >= 15 is 0 Å². The van der Waals surface area contributed by atoms with E-state index in [1.165, 1.54) is 37.0 Å². The van der Waals surface area contributed by atoms with Gasteiger partial charge in [-0.05, 0) is 31.6 Å². The van der Waals surface area contributed by atoms with Crippen LogP contribution in [0.1, 0.15) is 51.4 Å². The number of hydrogen-bond donors (Lipinski definition) is 1. The Labute approximate surface area is 131 Å². The van der Waals surface area contributed by atoms with Gasteiger partial charge < -0.3 is 10.2 Å². The fourth-order valence-electron chi connectivity index (χ4n) is 3.95. The fourth-order valence-corrected chi connectivity index (χ4v) is 3.95. The lowest BCUT2D eigenvalue weighted by Gasteiger charge is -2.36. The second-order valence-corrected chi connectivity index (χ2v) is 6.74. The maximum Gasteiger partial charge on any atom is 0.324 e. The van der Waals surface area contributed by atoms with E-state index < -0.39 is 0 Å². The van der Waals surface area contributed by atoms with Crippen molar-refractivity contribution in [3.63, 3.8) is 0 Å². The van der Waals surface area contributed by atoms with Gasteiger partial charge in [0.15, 0.2) is 0 Å². The highest BCUT2D eigenvalue weighted by atomic mass is 16.2. The number of carbonyl (C=O) groups is 3. The molecule has 2 saturated heterocycles. The third kappa shape index (κ3) is 3.25. The number of urea groups is 1. The monoisotopic (exact) mass is 307 g/mol. The van der Waals surface area contributed by atoms with E-state index in [0.717, 1.165) is 0 Å². The average molecular weight is 307 g/mol. The molecule has 6 nitrogen and oxygen atoms in total. The molecule has 3 rings (SSSR count). The Morgan fingerprint density at radius 3 is 2.32 bits per heavy atom. The Balaban J connectivity index is 1.47. The van der Waals surface area contributed by atoms with Crippen molar-refractivity contribution in [3.05, 3.63) is 0 Å². The summed E-state index contributed by atoms with van der Waals surface area (Å²) in [6.07, 6.45) is 8.27. The number of likely N-dealkylation sites (tertiary alicyclic amines) is 1. The van der Waals surface area contributed by atoms with Crippen LogP contribution in [0.2, 0.25) is 0 Å². The molecule has 1 N–H and O–H groups in total. The zero-order valence-corrected chi connectivity index (χ0v) is 13.1. The maximum absolute atomic E-state index is 12.4. The second kappa shape index (κ2) is 6.67. The molecule has 6 heteroatoms. The summed E-state index contributed by atoms with van der Waals surface area (Å²) in [5.74, 6) is 0.671. The van der Waals surface area contributed by atoms with Gasteiger partial charge in [0.2, 0.25) is 11.8 Å². The van der Waals surface area contributed by atoms with Crippen LogP contribution in [0.15, 0.2) is 0 Å². The minimum Gasteiger partial charge on any atom is -0.343 e. The van der Waals surface area contributed by atoms with Gasteiger partial charge in [0.05, 0.1) is 6.54 Å². The van der Waals surface area contributed by atoms with Crippen molar-refractivity contribution in [3.8, 4) is 0 Å². The summed E-state index contributed by atoms with van der Waals surface area (Å²) in [6, 6.07) is -0.328. The molecule has 2 aliphatic heterocycles. The number of nitrogens with zero attached hydrogens (tertiary/aromatic N) is 2. The van der Waals surface area contributed by atoms with Crippen molar-refractivity contribution in [2.24, 2.45) is 5.92 Å². The van der Waals surface area contributed by atoms with Gasteiger partial charge >= 0.3 is 6.03 Å². The highest BCUT2D eigenvalue weighted by Gasteiger charge is 2.37. The highest BCUT2D eigenvalue weighted by Crippen LogP contribution is 2.28. The fraction of sp³-hybridized carbons (Fsp3) is 0.812. The van der Waals surface area contributed by atoms with Gasteiger partial charge in [-0.15, -0.1) is 0 Å². The first kappa shape index (κ1) is 15.3. The van der Waals surface area contributed by atoms with Gasteiger partial charge in [0.1, 0.15) is 0 Å². The van der Waals surface area contributed by atoms with Crippen LogP contribution >= 0.6 is 0 Å². The number of nitrogens with one attached hydrogen (secondary N) is 1.